The van der Waals surface area contributed by atoms with Crippen molar-refractivity contribution in [2.75, 3.05) is 18.6 Å². The minimum Gasteiger partial charge on any atom is -0.309 e. The van der Waals surface area contributed by atoms with Crippen LogP contribution in [0.3, 0.4) is 0 Å². The first-order chi connectivity index (χ1) is 7.53. The number of hydrogen-bond donors (Lipinski definition) is 1. The average molecular weight is 263 g/mol. The summed E-state index contributed by atoms with van der Waals surface area (Å²) in [7, 11) is -2.92. The van der Waals surface area contributed by atoms with Crippen molar-refractivity contribution >= 4 is 21.6 Å². The Balaban J connectivity index is 2.58. The second-order valence-corrected chi connectivity index (χ2v) is 6.57. The lowest BCUT2D eigenvalue weighted by atomic mass is 10.1. The SMILES string of the molecule is CCCNC(CCS(C)(=O)=O)c1cnsn1. The van der Waals surface area contributed by atoms with Crippen LogP contribution >= 0.6 is 11.7 Å². The lowest BCUT2D eigenvalue weighted by molar-refractivity contribution is 0.506. The molecule has 1 aromatic rings. The Bertz CT molecular complexity index is 389. The monoisotopic (exact) mass is 263 g/mol. The van der Waals surface area contributed by atoms with Crippen molar-refractivity contribution in [2.24, 2.45) is 0 Å². The predicted molar refractivity (Wildman–Crippen MR) is 65.3 cm³/mol. The fourth-order valence-corrected chi connectivity index (χ4v) is 2.47. The molecule has 1 aromatic heterocycles. The third kappa shape index (κ3) is 5.00. The zero-order valence-electron chi connectivity index (χ0n) is 9.51. The van der Waals surface area contributed by atoms with Crippen molar-refractivity contribution < 1.29 is 8.42 Å². The molecule has 92 valence electrons. The minimum absolute atomic E-state index is 0.00609. The molecule has 0 aliphatic rings. The number of nitrogens with one attached hydrogen (secondary N) is 1. The number of rotatable bonds is 7. The highest BCUT2D eigenvalue weighted by Crippen LogP contribution is 2.15. The van der Waals surface area contributed by atoms with Gasteiger partial charge in [-0.1, -0.05) is 6.92 Å². The van der Waals surface area contributed by atoms with E-state index in [1.807, 2.05) is 0 Å². The van der Waals surface area contributed by atoms with Crippen LogP contribution in [0.2, 0.25) is 0 Å². The molecule has 0 saturated heterocycles. The molecule has 16 heavy (non-hydrogen) atoms. The Hall–Kier alpha value is -0.530. The molecule has 1 unspecified atom stereocenters. The number of hydrogen-bond acceptors (Lipinski definition) is 6. The van der Waals surface area contributed by atoms with Crippen LogP contribution in [0.5, 0.6) is 0 Å². The van der Waals surface area contributed by atoms with E-state index in [9.17, 15) is 8.42 Å². The summed E-state index contributed by atoms with van der Waals surface area (Å²) < 4.78 is 30.3. The van der Waals surface area contributed by atoms with Crippen LogP contribution in [0, 0.1) is 0 Å². The molecule has 7 heteroatoms. The van der Waals surface area contributed by atoms with Crippen LogP contribution in [-0.2, 0) is 9.84 Å². The zero-order valence-corrected chi connectivity index (χ0v) is 11.1. The summed E-state index contributed by atoms with van der Waals surface area (Å²) in [6.07, 6.45) is 4.50. The molecule has 0 amide bonds. The minimum atomic E-state index is -2.92. The molecular formula is C9H17N3O2S2. The lowest BCUT2D eigenvalue weighted by Gasteiger charge is -2.15. The van der Waals surface area contributed by atoms with Crippen molar-refractivity contribution in [1.82, 2.24) is 14.1 Å². The van der Waals surface area contributed by atoms with Crippen molar-refractivity contribution in [2.45, 2.75) is 25.8 Å². The Morgan fingerprint density at radius 2 is 2.31 bits per heavy atom. The van der Waals surface area contributed by atoms with Gasteiger partial charge in [0.25, 0.3) is 0 Å². The van der Waals surface area contributed by atoms with Gasteiger partial charge >= 0.3 is 0 Å². The van der Waals surface area contributed by atoms with Crippen molar-refractivity contribution in [1.29, 1.82) is 0 Å². The fraction of sp³-hybridized carbons (Fsp3) is 0.778. The predicted octanol–water partition coefficient (Wildman–Crippen LogP) is 1.01. The van der Waals surface area contributed by atoms with Gasteiger partial charge in [0.1, 0.15) is 9.84 Å². The van der Waals surface area contributed by atoms with Crippen molar-refractivity contribution in [3.05, 3.63) is 11.9 Å². The third-order valence-electron chi connectivity index (χ3n) is 2.15. The van der Waals surface area contributed by atoms with Gasteiger partial charge in [0.05, 0.1) is 35.4 Å². The van der Waals surface area contributed by atoms with E-state index in [1.165, 1.54) is 6.26 Å². The number of sulfone groups is 1. The van der Waals surface area contributed by atoms with Crippen LogP contribution < -0.4 is 5.32 Å². The second-order valence-electron chi connectivity index (χ2n) is 3.76. The molecule has 1 rings (SSSR count). The van der Waals surface area contributed by atoms with E-state index in [-0.39, 0.29) is 11.8 Å². The van der Waals surface area contributed by atoms with Crippen LogP contribution in [0.25, 0.3) is 0 Å². The summed E-state index contributed by atoms with van der Waals surface area (Å²) in [6, 6.07) is -0.00609. The van der Waals surface area contributed by atoms with E-state index < -0.39 is 9.84 Å². The van der Waals surface area contributed by atoms with Gasteiger partial charge in [0.15, 0.2) is 0 Å². The molecule has 5 nitrogen and oxygen atoms in total. The Kier molecular flexibility index (Phi) is 5.30. The van der Waals surface area contributed by atoms with Gasteiger partial charge in [-0.3, -0.25) is 0 Å². The molecule has 0 saturated carbocycles. The quantitative estimate of drug-likeness (QED) is 0.795. The van der Waals surface area contributed by atoms with Gasteiger partial charge in [-0.25, -0.2) is 8.42 Å². The van der Waals surface area contributed by atoms with E-state index in [4.69, 9.17) is 0 Å². The summed E-state index contributed by atoms with van der Waals surface area (Å²) in [4.78, 5) is 0. The van der Waals surface area contributed by atoms with Crippen molar-refractivity contribution in [3.63, 3.8) is 0 Å². The van der Waals surface area contributed by atoms with Gasteiger partial charge in [-0.15, -0.1) is 0 Å². The topological polar surface area (TPSA) is 72.0 Å². The Labute approximate surface area is 101 Å². The molecular weight excluding hydrogens is 246 g/mol. The molecule has 0 aliphatic heterocycles. The normalized spacial score (nSPS) is 13.9. The molecule has 1 atom stereocenters. The first kappa shape index (κ1) is 13.5. The standard InChI is InChI=1S/C9H17N3O2S2/c1-3-5-10-8(4-6-16(2,13)14)9-7-11-15-12-9/h7-8,10H,3-6H2,1-2H3. The summed E-state index contributed by atoms with van der Waals surface area (Å²) in [5.41, 5.74) is 0.835. The molecule has 0 bridgehead atoms. The molecule has 0 radical (unpaired) electrons. The van der Waals surface area contributed by atoms with Crippen LogP contribution in [-0.4, -0.2) is 35.7 Å². The molecule has 0 aliphatic carbocycles. The van der Waals surface area contributed by atoms with Gasteiger partial charge in [0.2, 0.25) is 0 Å². The van der Waals surface area contributed by atoms with Crippen LogP contribution in [0.15, 0.2) is 6.20 Å². The number of nitrogens with zero attached hydrogens (tertiary/aromatic N) is 2. The van der Waals surface area contributed by atoms with E-state index in [0.717, 1.165) is 30.4 Å². The highest BCUT2D eigenvalue weighted by atomic mass is 32.2. The highest BCUT2D eigenvalue weighted by Gasteiger charge is 2.15. The highest BCUT2D eigenvalue weighted by molar-refractivity contribution is 7.90. The molecule has 1 N–H and O–H groups in total. The third-order valence-corrected chi connectivity index (χ3v) is 3.62. The molecule has 0 fully saturated rings. The maximum absolute atomic E-state index is 11.1. The van der Waals surface area contributed by atoms with Crippen molar-refractivity contribution in [3.8, 4) is 0 Å². The van der Waals surface area contributed by atoms with Gasteiger partial charge < -0.3 is 5.32 Å². The van der Waals surface area contributed by atoms with Gasteiger partial charge in [0, 0.05) is 6.26 Å². The van der Waals surface area contributed by atoms with E-state index in [1.54, 1.807) is 6.20 Å². The number of aromatic nitrogens is 2. The van der Waals surface area contributed by atoms with Crippen LogP contribution in [0.1, 0.15) is 31.5 Å². The molecule has 1 heterocycles. The summed E-state index contributed by atoms with van der Waals surface area (Å²) >= 11 is 1.15. The van der Waals surface area contributed by atoms with E-state index in [0.29, 0.717) is 6.42 Å². The second kappa shape index (κ2) is 6.27. The van der Waals surface area contributed by atoms with Crippen LogP contribution in [0.4, 0.5) is 0 Å². The Morgan fingerprint density at radius 1 is 1.56 bits per heavy atom. The van der Waals surface area contributed by atoms with E-state index >= 15 is 0 Å². The van der Waals surface area contributed by atoms with Gasteiger partial charge in [-0.2, -0.15) is 8.75 Å². The lowest BCUT2D eigenvalue weighted by Crippen LogP contribution is -2.24. The maximum Gasteiger partial charge on any atom is 0.147 e. The largest absolute Gasteiger partial charge is 0.309 e. The summed E-state index contributed by atoms with van der Waals surface area (Å²) in [6.45, 7) is 2.92. The maximum atomic E-state index is 11.1. The zero-order chi connectivity index (χ0) is 12.0. The molecule has 0 aromatic carbocycles. The first-order valence-corrected chi connectivity index (χ1v) is 8.00. The first-order valence-electron chi connectivity index (χ1n) is 5.21. The van der Waals surface area contributed by atoms with Gasteiger partial charge in [-0.05, 0) is 19.4 Å². The summed E-state index contributed by atoms with van der Waals surface area (Å²) in [5, 5.41) is 3.28. The summed E-state index contributed by atoms with van der Waals surface area (Å²) in [5.74, 6) is 0.173. The Morgan fingerprint density at radius 3 is 2.81 bits per heavy atom. The average Bonchev–Trinajstić information content (AvgIpc) is 2.69. The molecule has 0 spiro atoms. The fourth-order valence-electron chi connectivity index (χ4n) is 1.33. The van der Waals surface area contributed by atoms with E-state index in [2.05, 4.69) is 21.0 Å². The smallest absolute Gasteiger partial charge is 0.147 e.